The van der Waals surface area contributed by atoms with Gasteiger partial charge in [0.15, 0.2) is 11.5 Å². The second-order valence-electron chi connectivity index (χ2n) is 6.34. The third-order valence-electron chi connectivity index (χ3n) is 4.54. The summed E-state index contributed by atoms with van der Waals surface area (Å²) in [6.45, 7) is 0. The Morgan fingerprint density at radius 1 is 0.931 bits per heavy atom. The summed E-state index contributed by atoms with van der Waals surface area (Å²) in [4.78, 5) is 25.2. The van der Waals surface area contributed by atoms with Crippen molar-refractivity contribution in [3.63, 3.8) is 0 Å². The van der Waals surface area contributed by atoms with Crippen molar-refractivity contribution in [1.29, 1.82) is 0 Å². The second kappa shape index (κ2) is 9.56. The van der Waals surface area contributed by atoms with E-state index in [0.717, 1.165) is 0 Å². The highest BCUT2D eigenvalue weighted by atomic mass is 32.2. The van der Waals surface area contributed by atoms with E-state index in [2.05, 4.69) is 5.32 Å². The lowest BCUT2D eigenvalue weighted by Gasteiger charge is -2.21. The van der Waals surface area contributed by atoms with Crippen LogP contribution in [-0.4, -0.2) is 56.9 Å². The van der Waals surface area contributed by atoms with E-state index in [4.69, 9.17) is 18.9 Å². The van der Waals surface area contributed by atoms with Crippen molar-refractivity contribution in [2.24, 2.45) is 0 Å². The maximum Gasteiger partial charge on any atom is 0.338 e. The molecule has 1 N–H and O–H groups in total. The predicted molar refractivity (Wildman–Crippen MR) is 110 cm³/mol. The van der Waals surface area contributed by atoms with Gasteiger partial charge in [-0.1, -0.05) is 18.2 Å². The van der Waals surface area contributed by atoms with Gasteiger partial charge in [0.05, 0.1) is 32.9 Å². The zero-order chi connectivity index (χ0) is 20.8. The number of carbonyl (C=O) groups is 2. The molecule has 8 heteroatoms. The monoisotopic (exact) mass is 417 g/mol. The van der Waals surface area contributed by atoms with Crippen molar-refractivity contribution in [3.05, 3.63) is 53.6 Å². The first-order valence-electron chi connectivity index (χ1n) is 9.02. The summed E-state index contributed by atoms with van der Waals surface area (Å²) in [5.74, 6) is 1.71. The highest BCUT2D eigenvalue weighted by Gasteiger charge is 2.33. The molecule has 0 bridgehead atoms. The Balaban J connectivity index is 1.72. The average Bonchev–Trinajstić information content (AvgIpc) is 3.19. The van der Waals surface area contributed by atoms with Crippen LogP contribution < -0.4 is 19.5 Å². The molecule has 0 radical (unpaired) electrons. The number of esters is 1. The SMILES string of the molecule is COc1cc(C(=O)O[C@H]2CSC[C@@H]2NC(=O)c2ccccc2)cc(OC)c1OC. The predicted octanol–water partition coefficient (Wildman–Crippen LogP) is 2.78. The van der Waals surface area contributed by atoms with Crippen LogP contribution in [0.25, 0.3) is 0 Å². The summed E-state index contributed by atoms with van der Waals surface area (Å²) in [5, 5.41) is 2.96. The van der Waals surface area contributed by atoms with E-state index in [1.54, 1.807) is 48.2 Å². The summed E-state index contributed by atoms with van der Waals surface area (Å²) >= 11 is 1.62. The van der Waals surface area contributed by atoms with Gasteiger partial charge < -0.3 is 24.3 Å². The second-order valence-corrected chi connectivity index (χ2v) is 7.42. The molecule has 0 aliphatic carbocycles. The third kappa shape index (κ3) is 4.76. The highest BCUT2D eigenvalue weighted by Crippen LogP contribution is 2.38. The summed E-state index contributed by atoms with van der Waals surface area (Å²) < 4.78 is 21.5. The first kappa shape index (κ1) is 20.9. The molecule has 29 heavy (non-hydrogen) atoms. The third-order valence-corrected chi connectivity index (χ3v) is 5.70. The van der Waals surface area contributed by atoms with Crippen molar-refractivity contribution in [3.8, 4) is 17.2 Å². The van der Waals surface area contributed by atoms with Crippen LogP contribution in [0, 0.1) is 0 Å². The first-order chi connectivity index (χ1) is 14.1. The van der Waals surface area contributed by atoms with Crippen LogP contribution in [0.4, 0.5) is 0 Å². The largest absolute Gasteiger partial charge is 0.493 e. The number of carbonyl (C=O) groups excluding carboxylic acids is 2. The lowest BCUT2D eigenvalue weighted by Crippen LogP contribution is -2.44. The van der Waals surface area contributed by atoms with E-state index >= 15 is 0 Å². The maximum atomic E-state index is 12.7. The number of ether oxygens (including phenoxy) is 4. The molecule has 1 amide bonds. The Morgan fingerprint density at radius 3 is 2.17 bits per heavy atom. The minimum Gasteiger partial charge on any atom is -0.493 e. The average molecular weight is 417 g/mol. The topological polar surface area (TPSA) is 83.1 Å². The van der Waals surface area contributed by atoms with Crippen LogP contribution >= 0.6 is 11.8 Å². The number of methoxy groups -OCH3 is 3. The molecule has 1 heterocycles. The van der Waals surface area contributed by atoms with E-state index in [9.17, 15) is 9.59 Å². The number of amides is 1. The van der Waals surface area contributed by atoms with Gasteiger partial charge in [0.25, 0.3) is 5.91 Å². The number of rotatable bonds is 7. The smallest absolute Gasteiger partial charge is 0.338 e. The number of hydrogen-bond donors (Lipinski definition) is 1. The summed E-state index contributed by atoms with van der Waals surface area (Å²) in [7, 11) is 4.46. The van der Waals surface area contributed by atoms with Crippen LogP contribution in [0.3, 0.4) is 0 Å². The van der Waals surface area contributed by atoms with Gasteiger partial charge in [-0.05, 0) is 24.3 Å². The minimum absolute atomic E-state index is 0.188. The summed E-state index contributed by atoms with van der Waals surface area (Å²) in [6, 6.07) is 11.8. The van der Waals surface area contributed by atoms with E-state index in [1.807, 2.05) is 6.07 Å². The van der Waals surface area contributed by atoms with Crippen LogP contribution in [0.5, 0.6) is 17.2 Å². The van der Waals surface area contributed by atoms with Gasteiger partial charge in [0, 0.05) is 17.1 Å². The van der Waals surface area contributed by atoms with Crippen molar-refractivity contribution in [2.45, 2.75) is 12.1 Å². The van der Waals surface area contributed by atoms with Gasteiger partial charge in [-0.2, -0.15) is 11.8 Å². The number of nitrogens with one attached hydrogen (secondary N) is 1. The van der Waals surface area contributed by atoms with Crippen molar-refractivity contribution in [1.82, 2.24) is 5.32 Å². The molecule has 7 nitrogen and oxygen atoms in total. The Kier molecular flexibility index (Phi) is 6.87. The molecule has 2 aromatic carbocycles. The molecule has 1 fully saturated rings. The Morgan fingerprint density at radius 2 is 1.59 bits per heavy atom. The molecule has 0 aromatic heterocycles. The number of benzene rings is 2. The molecule has 2 atom stereocenters. The van der Waals surface area contributed by atoms with E-state index in [1.165, 1.54) is 21.3 Å². The van der Waals surface area contributed by atoms with Crippen LogP contribution in [0.1, 0.15) is 20.7 Å². The normalized spacial score (nSPS) is 18.0. The van der Waals surface area contributed by atoms with Gasteiger partial charge in [-0.15, -0.1) is 0 Å². The number of thioether (sulfide) groups is 1. The molecule has 2 aromatic rings. The van der Waals surface area contributed by atoms with Crippen molar-refractivity contribution >= 4 is 23.6 Å². The molecule has 3 rings (SSSR count). The molecule has 0 spiro atoms. The Bertz CT molecular complexity index is 848. The van der Waals surface area contributed by atoms with Crippen LogP contribution in [-0.2, 0) is 4.74 Å². The van der Waals surface area contributed by atoms with Gasteiger partial charge >= 0.3 is 5.97 Å². The van der Waals surface area contributed by atoms with Crippen LogP contribution in [0.15, 0.2) is 42.5 Å². The van der Waals surface area contributed by atoms with Gasteiger partial charge in [-0.25, -0.2) is 4.79 Å². The lowest BCUT2D eigenvalue weighted by atomic mass is 10.1. The van der Waals surface area contributed by atoms with Crippen molar-refractivity contribution < 1.29 is 28.5 Å². The molecule has 154 valence electrons. The van der Waals surface area contributed by atoms with E-state index in [0.29, 0.717) is 34.3 Å². The van der Waals surface area contributed by atoms with Crippen LogP contribution in [0.2, 0.25) is 0 Å². The summed E-state index contributed by atoms with van der Waals surface area (Å²) in [6.07, 6.45) is -0.431. The molecule has 0 saturated carbocycles. The van der Waals surface area contributed by atoms with Gasteiger partial charge in [0.1, 0.15) is 6.10 Å². The van der Waals surface area contributed by atoms with Gasteiger partial charge in [0.2, 0.25) is 5.75 Å². The van der Waals surface area contributed by atoms with Gasteiger partial charge in [-0.3, -0.25) is 4.79 Å². The van der Waals surface area contributed by atoms with Crippen molar-refractivity contribution in [2.75, 3.05) is 32.8 Å². The minimum atomic E-state index is -0.518. The van der Waals surface area contributed by atoms with E-state index in [-0.39, 0.29) is 17.5 Å². The standard InChI is InChI=1S/C21H23NO6S/c1-25-16-9-14(10-17(26-2)19(16)27-3)21(24)28-18-12-29-11-15(18)22-20(23)13-7-5-4-6-8-13/h4-10,15,18H,11-12H2,1-3H3,(H,22,23)/t15-,18-/m0/s1. The van der Waals surface area contributed by atoms with E-state index < -0.39 is 12.1 Å². The first-order valence-corrected chi connectivity index (χ1v) is 10.2. The maximum absolute atomic E-state index is 12.7. The fourth-order valence-electron chi connectivity index (χ4n) is 3.03. The molecule has 1 aliphatic heterocycles. The fraction of sp³-hybridized carbons (Fsp3) is 0.333. The zero-order valence-electron chi connectivity index (χ0n) is 16.5. The lowest BCUT2D eigenvalue weighted by molar-refractivity contribution is 0.0292. The molecular weight excluding hydrogens is 394 g/mol. The fourth-order valence-corrected chi connectivity index (χ4v) is 4.25. The molecule has 0 unspecified atom stereocenters. The zero-order valence-corrected chi connectivity index (χ0v) is 17.3. The highest BCUT2D eigenvalue weighted by molar-refractivity contribution is 7.99. The quantitative estimate of drug-likeness (QED) is 0.694. The summed E-state index contributed by atoms with van der Waals surface area (Å²) in [5.41, 5.74) is 0.851. The number of hydrogen-bond acceptors (Lipinski definition) is 7. The Hall–Kier alpha value is -2.87. The Labute approximate surface area is 173 Å². The molecular formula is C21H23NO6S. The molecule has 1 saturated heterocycles. The molecule has 1 aliphatic rings.